The van der Waals surface area contributed by atoms with E-state index < -0.39 is 5.41 Å². The summed E-state index contributed by atoms with van der Waals surface area (Å²) in [5.41, 5.74) is 11.8. The van der Waals surface area contributed by atoms with Gasteiger partial charge in [-0.2, -0.15) is 0 Å². The van der Waals surface area contributed by atoms with Crippen molar-refractivity contribution in [3.05, 3.63) is 253 Å². The Morgan fingerprint density at radius 1 is 0.431 bits per heavy atom. The van der Waals surface area contributed by atoms with Crippen LogP contribution in [0.25, 0.3) is 11.3 Å². The van der Waals surface area contributed by atoms with Gasteiger partial charge >= 0.3 is 0 Å². The van der Waals surface area contributed by atoms with Crippen LogP contribution in [0, 0.1) is 0 Å². The predicted molar refractivity (Wildman–Crippen MR) is 235 cm³/mol. The molecule has 0 spiro atoms. The monoisotopic (exact) mass is 746 g/mol. The van der Waals surface area contributed by atoms with Crippen LogP contribution in [0.1, 0.15) is 22.4 Å². The van der Waals surface area contributed by atoms with E-state index in [1.807, 2.05) is 54.9 Å². The van der Waals surface area contributed by atoms with Gasteiger partial charge in [0.05, 0.1) is 28.2 Å². The lowest BCUT2D eigenvalue weighted by molar-refractivity contribution is 0.481. The lowest BCUT2D eigenvalue weighted by Gasteiger charge is -2.45. The van der Waals surface area contributed by atoms with Crippen molar-refractivity contribution in [1.29, 1.82) is 0 Å². The molecular weight excluding hydrogens is 709 g/mol. The van der Waals surface area contributed by atoms with Crippen LogP contribution in [-0.4, -0.2) is 9.97 Å². The lowest BCUT2D eigenvalue weighted by Crippen LogP contribution is -2.38. The lowest BCUT2D eigenvalue weighted by atomic mass is 9.64. The summed E-state index contributed by atoms with van der Waals surface area (Å²) in [6.07, 6.45) is 3.76. The van der Waals surface area contributed by atoms with Crippen LogP contribution < -0.4 is 14.5 Å². The molecule has 0 aliphatic carbocycles. The molecule has 3 heterocycles. The summed E-state index contributed by atoms with van der Waals surface area (Å²) in [6, 6.07) is 75.8. The Kier molecular flexibility index (Phi) is 9.01. The van der Waals surface area contributed by atoms with Crippen molar-refractivity contribution in [2.24, 2.45) is 0 Å². The molecule has 276 valence electrons. The standard InChI is InChI=1S/C53H38N4O/c1-4-20-41(21-5-1)56(42-22-6-2-7-23-42)44-33-35-54-49(38-44)39-18-16-26-45(36-39)58-46-27-17-19-40(37-46)53(52-32-14-15-34-55-52)47-28-10-12-30-50(47)57(43-24-8-3-9-25-43)51-31-13-11-29-48(51)53/h1-38H. The second-order valence-corrected chi connectivity index (χ2v) is 14.2. The number of hydrogen-bond donors (Lipinski definition) is 0. The molecule has 9 aromatic rings. The van der Waals surface area contributed by atoms with Crippen LogP contribution >= 0.6 is 0 Å². The van der Waals surface area contributed by atoms with Crippen LogP contribution in [0.2, 0.25) is 0 Å². The zero-order chi connectivity index (χ0) is 38.7. The number of anilines is 6. The number of pyridine rings is 2. The molecule has 2 aromatic heterocycles. The summed E-state index contributed by atoms with van der Waals surface area (Å²) in [7, 11) is 0. The maximum Gasteiger partial charge on any atom is 0.128 e. The van der Waals surface area contributed by atoms with Crippen molar-refractivity contribution in [2.75, 3.05) is 9.80 Å². The largest absolute Gasteiger partial charge is 0.457 e. The maximum absolute atomic E-state index is 6.77. The highest BCUT2D eigenvalue weighted by molar-refractivity contribution is 5.89. The SMILES string of the molecule is c1ccc(N(c2ccccc2)c2ccnc(-c3cccc(Oc4cccc(C5(c6ccccn6)c6ccccc6N(c6ccccc6)c6ccccc65)c4)c3)c2)cc1. The molecule has 5 heteroatoms. The number of rotatable bonds is 9. The quantitative estimate of drug-likeness (QED) is 0.147. The molecule has 7 aromatic carbocycles. The predicted octanol–water partition coefficient (Wildman–Crippen LogP) is 13.6. The molecule has 0 fully saturated rings. The van der Waals surface area contributed by atoms with E-state index in [2.05, 4.69) is 186 Å². The van der Waals surface area contributed by atoms with E-state index in [-0.39, 0.29) is 0 Å². The third-order valence-corrected chi connectivity index (χ3v) is 10.8. The molecule has 0 N–H and O–H groups in total. The number of aromatic nitrogens is 2. The van der Waals surface area contributed by atoms with Crippen molar-refractivity contribution in [3.8, 4) is 22.8 Å². The van der Waals surface area contributed by atoms with Crippen LogP contribution in [0.3, 0.4) is 0 Å². The summed E-state index contributed by atoms with van der Waals surface area (Å²) < 4.78 is 6.77. The number of para-hydroxylation sites is 5. The van der Waals surface area contributed by atoms with Crippen molar-refractivity contribution in [3.63, 3.8) is 0 Å². The van der Waals surface area contributed by atoms with Gasteiger partial charge in [0.1, 0.15) is 11.5 Å². The molecule has 0 saturated heterocycles. The first kappa shape index (κ1) is 34.7. The highest BCUT2D eigenvalue weighted by Crippen LogP contribution is 2.57. The molecule has 0 amide bonds. The van der Waals surface area contributed by atoms with E-state index in [1.165, 1.54) is 0 Å². The Morgan fingerprint density at radius 2 is 1.02 bits per heavy atom. The second kappa shape index (κ2) is 15.1. The van der Waals surface area contributed by atoms with E-state index in [0.29, 0.717) is 0 Å². The Morgan fingerprint density at radius 3 is 1.67 bits per heavy atom. The summed E-state index contributed by atoms with van der Waals surface area (Å²) in [5, 5.41) is 0. The fraction of sp³-hybridized carbons (Fsp3) is 0.0189. The molecule has 0 unspecified atom stereocenters. The molecule has 10 rings (SSSR count). The minimum Gasteiger partial charge on any atom is -0.457 e. The van der Waals surface area contributed by atoms with E-state index in [4.69, 9.17) is 14.7 Å². The molecule has 0 bridgehead atoms. The zero-order valence-corrected chi connectivity index (χ0v) is 31.6. The van der Waals surface area contributed by atoms with Gasteiger partial charge in [0, 0.05) is 40.7 Å². The third kappa shape index (κ3) is 6.16. The average Bonchev–Trinajstić information content (AvgIpc) is 3.30. The first-order valence-corrected chi connectivity index (χ1v) is 19.5. The minimum atomic E-state index is -0.741. The molecule has 1 aliphatic heterocycles. The first-order valence-electron chi connectivity index (χ1n) is 19.5. The van der Waals surface area contributed by atoms with E-state index in [9.17, 15) is 0 Å². The summed E-state index contributed by atoms with van der Waals surface area (Å²) in [4.78, 5) is 14.5. The summed E-state index contributed by atoms with van der Waals surface area (Å²) >= 11 is 0. The Hall–Kier alpha value is -7.76. The van der Waals surface area contributed by atoms with Gasteiger partial charge in [-0.15, -0.1) is 0 Å². The van der Waals surface area contributed by atoms with Gasteiger partial charge in [0.25, 0.3) is 0 Å². The van der Waals surface area contributed by atoms with Crippen molar-refractivity contribution >= 4 is 34.1 Å². The van der Waals surface area contributed by atoms with E-state index in [0.717, 1.165) is 79.3 Å². The maximum atomic E-state index is 6.77. The van der Waals surface area contributed by atoms with Gasteiger partial charge in [-0.1, -0.05) is 121 Å². The molecule has 1 aliphatic rings. The van der Waals surface area contributed by atoms with Crippen molar-refractivity contribution < 1.29 is 4.74 Å². The first-order chi connectivity index (χ1) is 28.8. The number of benzene rings is 7. The van der Waals surface area contributed by atoms with Crippen molar-refractivity contribution in [2.45, 2.75) is 5.41 Å². The fourth-order valence-corrected chi connectivity index (χ4v) is 8.39. The molecule has 0 saturated carbocycles. The number of hydrogen-bond acceptors (Lipinski definition) is 5. The highest BCUT2D eigenvalue weighted by atomic mass is 16.5. The molecule has 5 nitrogen and oxygen atoms in total. The third-order valence-electron chi connectivity index (χ3n) is 10.8. The zero-order valence-electron chi connectivity index (χ0n) is 31.6. The molecular formula is C53H38N4O. The van der Waals surface area contributed by atoms with Gasteiger partial charge in [0.15, 0.2) is 0 Å². The smallest absolute Gasteiger partial charge is 0.128 e. The van der Waals surface area contributed by atoms with Crippen LogP contribution in [0.5, 0.6) is 11.5 Å². The Balaban J connectivity index is 1.05. The molecule has 0 radical (unpaired) electrons. The number of ether oxygens (including phenoxy) is 1. The molecule has 0 atom stereocenters. The van der Waals surface area contributed by atoms with Crippen LogP contribution in [-0.2, 0) is 5.41 Å². The van der Waals surface area contributed by atoms with Gasteiger partial charge in [-0.05, 0) is 114 Å². The van der Waals surface area contributed by atoms with Gasteiger partial charge in [-0.3, -0.25) is 9.97 Å². The minimum absolute atomic E-state index is 0.719. The number of fused-ring (bicyclic) bond motifs is 2. The van der Waals surface area contributed by atoms with Crippen molar-refractivity contribution in [1.82, 2.24) is 9.97 Å². The fourth-order valence-electron chi connectivity index (χ4n) is 8.39. The summed E-state index contributed by atoms with van der Waals surface area (Å²) in [5.74, 6) is 1.45. The average molecular weight is 747 g/mol. The highest BCUT2D eigenvalue weighted by Gasteiger charge is 2.47. The van der Waals surface area contributed by atoms with Crippen LogP contribution in [0.4, 0.5) is 34.1 Å². The normalized spacial score (nSPS) is 12.6. The van der Waals surface area contributed by atoms with Crippen LogP contribution in [0.15, 0.2) is 231 Å². The van der Waals surface area contributed by atoms with E-state index in [1.54, 1.807) is 0 Å². The van der Waals surface area contributed by atoms with E-state index >= 15 is 0 Å². The second-order valence-electron chi connectivity index (χ2n) is 14.2. The molecule has 58 heavy (non-hydrogen) atoms. The van der Waals surface area contributed by atoms with Gasteiger partial charge < -0.3 is 14.5 Å². The van der Waals surface area contributed by atoms with Gasteiger partial charge in [-0.25, -0.2) is 0 Å². The number of nitrogens with zero attached hydrogens (tertiary/aromatic N) is 4. The Bertz CT molecular complexity index is 2740. The van der Waals surface area contributed by atoms with Gasteiger partial charge in [0.2, 0.25) is 0 Å². The Labute approximate surface area is 338 Å². The topological polar surface area (TPSA) is 41.5 Å². The summed E-state index contributed by atoms with van der Waals surface area (Å²) in [6.45, 7) is 0.